The van der Waals surface area contributed by atoms with Crippen molar-refractivity contribution in [2.24, 2.45) is 11.3 Å². The maximum absolute atomic E-state index is 13.6. The lowest BCUT2D eigenvalue weighted by atomic mass is 9.85. The minimum Gasteiger partial charge on any atom is -0.457 e. The SMILES string of the molecule is CC(C)C(=O)N[C@H](C(=O)N1CCC[C@H]1c1cccc(Oc2ccccc2)c1)C(C)(C)C. The van der Waals surface area contributed by atoms with Crippen molar-refractivity contribution in [3.8, 4) is 11.5 Å². The summed E-state index contributed by atoms with van der Waals surface area (Å²) in [5.74, 6) is 1.26. The van der Waals surface area contributed by atoms with Gasteiger partial charge in [-0.1, -0.05) is 65.0 Å². The number of ether oxygens (including phenoxy) is 1. The first-order valence-electron chi connectivity index (χ1n) is 11.1. The van der Waals surface area contributed by atoms with Crippen LogP contribution in [0.3, 0.4) is 0 Å². The van der Waals surface area contributed by atoms with Gasteiger partial charge in [0.15, 0.2) is 0 Å². The van der Waals surface area contributed by atoms with Crippen molar-refractivity contribution in [3.05, 3.63) is 60.2 Å². The number of hydrogen-bond acceptors (Lipinski definition) is 3. The highest BCUT2D eigenvalue weighted by Gasteiger charge is 2.40. The molecule has 1 heterocycles. The van der Waals surface area contributed by atoms with Crippen LogP contribution in [-0.2, 0) is 9.59 Å². The number of nitrogens with one attached hydrogen (secondary N) is 1. The molecule has 166 valence electrons. The van der Waals surface area contributed by atoms with Gasteiger partial charge in [0.05, 0.1) is 6.04 Å². The molecule has 1 fully saturated rings. The van der Waals surface area contributed by atoms with Gasteiger partial charge in [-0.15, -0.1) is 0 Å². The highest BCUT2D eigenvalue weighted by atomic mass is 16.5. The highest BCUT2D eigenvalue weighted by molar-refractivity contribution is 5.89. The molecule has 0 unspecified atom stereocenters. The van der Waals surface area contributed by atoms with Crippen molar-refractivity contribution in [2.45, 2.75) is 59.5 Å². The van der Waals surface area contributed by atoms with Gasteiger partial charge in [0, 0.05) is 12.5 Å². The zero-order chi connectivity index (χ0) is 22.6. The van der Waals surface area contributed by atoms with E-state index in [2.05, 4.69) is 5.32 Å². The third-order valence-electron chi connectivity index (χ3n) is 5.68. The number of likely N-dealkylation sites (tertiary alicyclic amines) is 1. The van der Waals surface area contributed by atoms with E-state index >= 15 is 0 Å². The maximum Gasteiger partial charge on any atom is 0.246 e. The number of carbonyl (C=O) groups is 2. The molecule has 2 aromatic rings. The topological polar surface area (TPSA) is 58.6 Å². The van der Waals surface area contributed by atoms with Gasteiger partial charge in [-0.05, 0) is 48.1 Å². The van der Waals surface area contributed by atoms with Crippen LogP contribution >= 0.6 is 0 Å². The Bertz CT molecular complexity index is 902. The van der Waals surface area contributed by atoms with E-state index in [0.29, 0.717) is 6.54 Å². The van der Waals surface area contributed by atoms with Crippen LogP contribution in [0.15, 0.2) is 54.6 Å². The first kappa shape index (κ1) is 22.9. The lowest BCUT2D eigenvalue weighted by molar-refractivity contribution is -0.141. The monoisotopic (exact) mass is 422 g/mol. The van der Waals surface area contributed by atoms with Gasteiger partial charge in [0.1, 0.15) is 17.5 Å². The molecule has 1 aliphatic heterocycles. The molecule has 0 spiro atoms. The average Bonchev–Trinajstić information content (AvgIpc) is 3.21. The lowest BCUT2D eigenvalue weighted by Gasteiger charge is -2.36. The minimum absolute atomic E-state index is 0.0154. The maximum atomic E-state index is 13.6. The molecule has 2 aromatic carbocycles. The predicted octanol–water partition coefficient (Wildman–Crippen LogP) is 5.33. The van der Waals surface area contributed by atoms with Gasteiger partial charge in [0.25, 0.3) is 0 Å². The fourth-order valence-corrected chi connectivity index (χ4v) is 3.91. The molecule has 1 saturated heterocycles. The number of benzene rings is 2. The van der Waals surface area contributed by atoms with E-state index in [9.17, 15) is 9.59 Å². The van der Waals surface area contributed by atoms with Crippen LogP contribution in [0.2, 0.25) is 0 Å². The lowest BCUT2D eigenvalue weighted by Crippen LogP contribution is -2.55. The summed E-state index contributed by atoms with van der Waals surface area (Å²) in [7, 11) is 0. The van der Waals surface area contributed by atoms with Gasteiger partial charge in [-0.3, -0.25) is 9.59 Å². The van der Waals surface area contributed by atoms with Gasteiger partial charge in [-0.25, -0.2) is 0 Å². The fraction of sp³-hybridized carbons (Fsp3) is 0.462. The number of para-hydroxylation sites is 1. The average molecular weight is 423 g/mol. The third kappa shape index (κ3) is 5.66. The molecule has 5 heteroatoms. The third-order valence-corrected chi connectivity index (χ3v) is 5.68. The van der Waals surface area contributed by atoms with Crippen LogP contribution in [0, 0.1) is 11.3 Å². The summed E-state index contributed by atoms with van der Waals surface area (Å²) < 4.78 is 5.99. The Morgan fingerprint density at radius 3 is 2.35 bits per heavy atom. The second-order valence-corrected chi connectivity index (χ2v) is 9.64. The van der Waals surface area contributed by atoms with Crippen LogP contribution in [0.4, 0.5) is 0 Å². The molecule has 31 heavy (non-hydrogen) atoms. The molecule has 0 saturated carbocycles. The van der Waals surface area contributed by atoms with E-state index in [0.717, 1.165) is 29.9 Å². The Kier molecular flexibility index (Phi) is 7.04. The Morgan fingerprint density at radius 1 is 1.03 bits per heavy atom. The van der Waals surface area contributed by atoms with Crippen LogP contribution < -0.4 is 10.1 Å². The van der Waals surface area contributed by atoms with E-state index in [1.165, 1.54) is 0 Å². The standard InChI is InChI=1S/C26H34N2O3/c1-18(2)24(29)27-23(26(3,4)5)25(30)28-16-10-15-22(28)19-11-9-14-21(17-19)31-20-12-7-6-8-13-20/h6-9,11-14,17-18,22-23H,10,15-16H2,1-5H3,(H,27,29)/t22-,23+/m0/s1. The smallest absolute Gasteiger partial charge is 0.246 e. The molecule has 1 N–H and O–H groups in total. The van der Waals surface area contributed by atoms with Crippen molar-refractivity contribution in [1.29, 1.82) is 0 Å². The van der Waals surface area contributed by atoms with Crippen molar-refractivity contribution >= 4 is 11.8 Å². The molecule has 2 amide bonds. The first-order chi connectivity index (χ1) is 14.7. The Morgan fingerprint density at radius 2 is 1.71 bits per heavy atom. The summed E-state index contributed by atoms with van der Waals surface area (Å²) in [6.45, 7) is 10.4. The number of rotatable bonds is 6. The van der Waals surface area contributed by atoms with Crippen molar-refractivity contribution in [3.63, 3.8) is 0 Å². The normalized spacial score (nSPS) is 17.5. The number of amides is 2. The fourth-order valence-electron chi connectivity index (χ4n) is 3.91. The molecule has 5 nitrogen and oxygen atoms in total. The second-order valence-electron chi connectivity index (χ2n) is 9.64. The van der Waals surface area contributed by atoms with E-state index < -0.39 is 6.04 Å². The second kappa shape index (κ2) is 9.54. The van der Waals surface area contributed by atoms with E-state index in [1.807, 2.05) is 94.1 Å². The molecule has 1 aliphatic rings. The van der Waals surface area contributed by atoms with E-state index in [4.69, 9.17) is 4.74 Å². The molecule has 2 atom stereocenters. The van der Waals surface area contributed by atoms with Gasteiger partial charge in [-0.2, -0.15) is 0 Å². The van der Waals surface area contributed by atoms with E-state index in [-0.39, 0.29) is 29.2 Å². The van der Waals surface area contributed by atoms with Crippen LogP contribution in [0.1, 0.15) is 59.1 Å². The molecule has 0 aromatic heterocycles. The summed E-state index contributed by atoms with van der Waals surface area (Å²) in [4.78, 5) is 27.9. The molecular formula is C26H34N2O3. The quantitative estimate of drug-likeness (QED) is 0.684. The number of hydrogen-bond donors (Lipinski definition) is 1. The van der Waals surface area contributed by atoms with Gasteiger partial charge < -0.3 is 15.0 Å². The zero-order valence-electron chi connectivity index (χ0n) is 19.2. The van der Waals surface area contributed by atoms with Crippen molar-refractivity contribution in [1.82, 2.24) is 10.2 Å². The Hall–Kier alpha value is -2.82. The molecule has 0 radical (unpaired) electrons. The zero-order valence-corrected chi connectivity index (χ0v) is 19.2. The van der Waals surface area contributed by atoms with Crippen LogP contribution in [0.25, 0.3) is 0 Å². The summed E-state index contributed by atoms with van der Waals surface area (Å²) in [6, 6.07) is 17.0. The molecule has 0 aliphatic carbocycles. The molecular weight excluding hydrogens is 388 g/mol. The summed E-state index contributed by atoms with van der Waals surface area (Å²) in [5.41, 5.74) is 0.676. The highest BCUT2D eigenvalue weighted by Crippen LogP contribution is 2.36. The van der Waals surface area contributed by atoms with Crippen molar-refractivity contribution < 1.29 is 14.3 Å². The first-order valence-corrected chi connectivity index (χ1v) is 11.1. The summed E-state index contributed by atoms with van der Waals surface area (Å²) in [6.07, 6.45) is 1.84. The van der Waals surface area contributed by atoms with E-state index in [1.54, 1.807) is 0 Å². The number of nitrogens with zero attached hydrogens (tertiary/aromatic N) is 1. The van der Waals surface area contributed by atoms with Gasteiger partial charge >= 0.3 is 0 Å². The number of carbonyl (C=O) groups excluding carboxylic acids is 2. The Labute approximate surface area is 185 Å². The molecule has 0 bridgehead atoms. The Balaban J connectivity index is 1.82. The van der Waals surface area contributed by atoms with Crippen LogP contribution in [0.5, 0.6) is 11.5 Å². The minimum atomic E-state index is -0.563. The van der Waals surface area contributed by atoms with Crippen LogP contribution in [-0.4, -0.2) is 29.3 Å². The van der Waals surface area contributed by atoms with Gasteiger partial charge in [0.2, 0.25) is 11.8 Å². The summed E-state index contributed by atoms with van der Waals surface area (Å²) in [5, 5.41) is 2.99. The molecule has 3 rings (SSSR count). The predicted molar refractivity (Wildman–Crippen MR) is 123 cm³/mol. The summed E-state index contributed by atoms with van der Waals surface area (Å²) >= 11 is 0. The largest absolute Gasteiger partial charge is 0.457 e. The van der Waals surface area contributed by atoms with Crippen molar-refractivity contribution in [2.75, 3.05) is 6.54 Å².